The van der Waals surface area contributed by atoms with Crippen LogP contribution in [0.25, 0.3) is 10.4 Å². The Labute approximate surface area is 81.0 Å². The molecule has 0 aromatic heterocycles. The molecule has 0 N–H and O–H groups in total. The first-order chi connectivity index (χ1) is 6.31. The Morgan fingerprint density at radius 1 is 1.54 bits per heavy atom. The summed E-state index contributed by atoms with van der Waals surface area (Å²) in [5.41, 5.74) is 10.7. The lowest BCUT2D eigenvalue weighted by atomic mass is 10.1. The number of azide groups is 1. The zero-order valence-electron chi connectivity index (χ0n) is 6.94. The minimum atomic E-state index is 0.0114. The van der Waals surface area contributed by atoms with Gasteiger partial charge in [0.05, 0.1) is 6.04 Å². The lowest BCUT2D eigenvalue weighted by molar-refractivity contribution is 0.707. The first-order valence-electron chi connectivity index (χ1n) is 4.14. The van der Waals surface area contributed by atoms with Crippen molar-refractivity contribution in [3.63, 3.8) is 0 Å². The molecule has 0 amide bonds. The van der Waals surface area contributed by atoms with Gasteiger partial charge in [0, 0.05) is 9.93 Å². The van der Waals surface area contributed by atoms with Crippen molar-refractivity contribution in [3.8, 4) is 0 Å². The number of halogens is 1. The molecule has 3 nitrogen and oxygen atoms in total. The molecule has 1 aliphatic rings. The van der Waals surface area contributed by atoms with Crippen LogP contribution in [-0.2, 0) is 6.42 Å². The third-order valence-corrected chi connectivity index (χ3v) is 2.58. The smallest absolute Gasteiger partial charge is 0.0631 e. The molecule has 1 aliphatic carbocycles. The largest absolute Gasteiger partial charge is 0.0859 e. The monoisotopic (exact) mass is 193 g/mol. The summed E-state index contributed by atoms with van der Waals surface area (Å²) in [7, 11) is 0. The van der Waals surface area contributed by atoms with E-state index in [2.05, 4.69) is 10.0 Å². The van der Waals surface area contributed by atoms with E-state index < -0.39 is 0 Å². The third-order valence-electron chi connectivity index (χ3n) is 2.34. The number of aryl methyl sites for hydroxylation is 1. The van der Waals surface area contributed by atoms with Gasteiger partial charge in [0.15, 0.2) is 0 Å². The Morgan fingerprint density at radius 2 is 2.38 bits per heavy atom. The van der Waals surface area contributed by atoms with E-state index in [0.717, 1.165) is 23.4 Å². The van der Waals surface area contributed by atoms with Gasteiger partial charge in [-0.1, -0.05) is 22.8 Å². The highest BCUT2D eigenvalue weighted by atomic mass is 35.5. The van der Waals surface area contributed by atoms with Gasteiger partial charge in [0.25, 0.3) is 0 Å². The molecule has 1 aromatic rings. The van der Waals surface area contributed by atoms with Crippen LogP contribution in [-0.4, -0.2) is 0 Å². The van der Waals surface area contributed by atoms with E-state index in [1.54, 1.807) is 0 Å². The molecule has 0 saturated heterocycles. The SMILES string of the molecule is [N-]=[N+]=N[C@@H]1CCc2cc(Cl)ccc21. The normalized spacial score (nSPS) is 19.3. The van der Waals surface area contributed by atoms with Crippen LogP contribution in [0.15, 0.2) is 23.3 Å². The van der Waals surface area contributed by atoms with Crippen LogP contribution >= 0.6 is 11.6 Å². The molecule has 1 atom stereocenters. The van der Waals surface area contributed by atoms with Crippen molar-refractivity contribution in [1.82, 2.24) is 0 Å². The number of hydrogen-bond acceptors (Lipinski definition) is 1. The second-order valence-electron chi connectivity index (χ2n) is 3.10. The first kappa shape index (κ1) is 8.42. The molecule has 0 bridgehead atoms. The molecule has 0 fully saturated rings. The molecular formula is C9H8ClN3. The molecule has 1 aromatic carbocycles. The highest BCUT2D eigenvalue weighted by molar-refractivity contribution is 6.30. The first-order valence-corrected chi connectivity index (χ1v) is 4.51. The Kier molecular flexibility index (Phi) is 2.13. The summed E-state index contributed by atoms with van der Waals surface area (Å²) in [5.74, 6) is 0. The average Bonchev–Trinajstić information content (AvgIpc) is 2.49. The fourth-order valence-electron chi connectivity index (χ4n) is 1.75. The maximum absolute atomic E-state index is 8.34. The highest BCUT2D eigenvalue weighted by Crippen LogP contribution is 2.35. The summed E-state index contributed by atoms with van der Waals surface area (Å²) < 4.78 is 0. The van der Waals surface area contributed by atoms with Crippen molar-refractivity contribution in [3.05, 3.63) is 44.8 Å². The van der Waals surface area contributed by atoms with Crippen LogP contribution in [0.2, 0.25) is 5.02 Å². The minimum absolute atomic E-state index is 0.0114. The number of benzene rings is 1. The van der Waals surface area contributed by atoms with Gasteiger partial charge < -0.3 is 0 Å². The maximum Gasteiger partial charge on any atom is 0.0631 e. The molecule has 0 heterocycles. The molecule has 66 valence electrons. The Balaban J connectivity index is 2.43. The van der Waals surface area contributed by atoms with Gasteiger partial charge in [0.1, 0.15) is 0 Å². The summed E-state index contributed by atoms with van der Waals surface area (Å²) >= 11 is 5.84. The fourth-order valence-corrected chi connectivity index (χ4v) is 1.94. The van der Waals surface area contributed by atoms with Crippen molar-refractivity contribution in [2.45, 2.75) is 18.9 Å². The molecule has 13 heavy (non-hydrogen) atoms. The molecule has 0 radical (unpaired) electrons. The van der Waals surface area contributed by atoms with Gasteiger partial charge in [-0.15, -0.1) is 0 Å². The predicted octanol–water partition coefficient (Wildman–Crippen LogP) is 3.64. The van der Waals surface area contributed by atoms with Gasteiger partial charge in [-0.3, -0.25) is 0 Å². The molecule has 0 spiro atoms. The van der Waals surface area contributed by atoms with E-state index in [1.165, 1.54) is 5.56 Å². The summed E-state index contributed by atoms with van der Waals surface area (Å²) in [6.45, 7) is 0. The zero-order valence-corrected chi connectivity index (χ0v) is 7.70. The zero-order chi connectivity index (χ0) is 9.26. The molecule has 2 rings (SSSR count). The number of rotatable bonds is 1. The van der Waals surface area contributed by atoms with Crippen LogP contribution < -0.4 is 0 Å². The van der Waals surface area contributed by atoms with Gasteiger partial charge >= 0.3 is 0 Å². The number of hydrogen-bond donors (Lipinski definition) is 0. The third kappa shape index (κ3) is 1.48. The lowest BCUT2D eigenvalue weighted by Gasteiger charge is -2.02. The summed E-state index contributed by atoms with van der Waals surface area (Å²) in [6, 6.07) is 5.75. The van der Waals surface area contributed by atoms with Gasteiger partial charge in [-0.25, -0.2) is 0 Å². The molecule has 4 heteroatoms. The minimum Gasteiger partial charge on any atom is -0.0859 e. The Hall–Kier alpha value is -1.18. The van der Waals surface area contributed by atoms with Crippen molar-refractivity contribution in [2.24, 2.45) is 5.11 Å². The topological polar surface area (TPSA) is 48.8 Å². The quantitative estimate of drug-likeness (QED) is 0.372. The van der Waals surface area contributed by atoms with E-state index in [4.69, 9.17) is 17.1 Å². The van der Waals surface area contributed by atoms with Gasteiger partial charge in [-0.2, -0.15) is 0 Å². The summed E-state index contributed by atoms with van der Waals surface area (Å²) in [4.78, 5) is 2.83. The molecule has 0 unspecified atom stereocenters. The van der Waals surface area contributed by atoms with Crippen LogP contribution in [0.5, 0.6) is 0 Å². The van der Waals surface area contributed by atoms with Crippen LogP contribution in [0.4, 0.5) is 0 Å². The van der Waals surface area contributed by atoms with E-state index in [0.29, 0.717) is 0 Å². The van der Waals surface area contributed by atoms with Crippen molar-refractivity contribution in [2.75, 3.05) is 0 Å². The standard InChI is InChI=1S/C9H8ClN3/c10-7-2-3-8-6(5-7)1-4-9(8)12-13-11/h2-3,5,9H,1,4H2/t9-/m1/s1. The van der Waals surface area contributed by atoms with Crippen molar-refractivity contribution >= 4 is 11.6 Å². The average molecular weight is 194 g/mol. The van der Waals surface area contributed by atoms with Gasteiger partial charge in [-0.05, 0) is 41.6 Å². The van der Waals surface area contributed by atoms with Crippen LogP contribution in [0.3, 0.4) is 0 Å². The lowest BCUT2D eigenvalue weighted by Crippen LogP contribution is -1.86. The molecular weight excluding hydrogens is 186 g/mol. The summed E-state index contributed by atoms with van der Waals surface area (Å²) in [6.07, 6.45) is 1.86. The Bertz CT molecular complexity index is 382. The molecule has 0 aliphatic heterocycles. The fraction of sp³-hybridized carbons (Fsp3) is 0.333. The Morgan fingerprint density at radius 3 is 3.15 bits per heavy atom. The van der Waals surface area contributed by atoms with E-state index in [-0.39, 0.29) is 6.04 Å². The second kappa shape index (κ2) is 3.29. The highest BCUT2D eigenvalue weighted by Gasteiger charge is 2.20. The molecule has 0 saturated carbocycles. The van der Waals surface area contributed by atoms with E-state index in [9.17, 15) is 0 Å². The van der Waals surface area contributed by atoms with Crippen molar-refractivity contribution < 1.29 is 0 Å². The maximum atomic E-state index is 8.34. The van der Waals surface area contributed by atoms with Crippen LogP contribution in [0, 0.1) is 0 Å². The van der Waals surface area contributed by atoms with E-state index >= 15 is 0 Å². The summed E-state index contributed by atoms with van der Waals surface area (Å²) in [5, 5.41) is 4.48. The van der Waals surface area contributed by atoms with Crippen molar-refractivity contribution in [1.29, 1.82) is 0 Å². The predicted molar refractivity (Wildman–Crippen MR) is 51.7 cm³/mol. The second-order valence-corrected chi connectivity index (χ2v) is 3.54. The number of nitrogens with zero attached hydrogens (tertiary/aromatic N) is 3. The van der Waals surface area contributed by atoms with Gasteiger partial charge in [0.2, 0.25) is 0 Å². The van der Waals surface area contributed by atoms with Crippen LogP contribution in [0.1, 0.15) is 23.6 Å². The number of fused-ring (bicyclic) bond motifs is 1. The van der Waals surface area contributed by atoms with E-state index in [1.807, 2.05) is 18.2 Å².